The van der Waals surface area contributed by atoms with Crippen molar-refractivity contribution in [3.8, 4) is 11.5 Å². The van der Waals surface area contributed by atoms with Crippen LogP contribution in [0.5, 0.6) is 11.5 Å². The lowest BCUT2D eigenvalue weighted by Crippen LogP contribution is -2.24. The molecule has 0 bridgehead atoms. The number of sulfonamides is 1. The number of thiol groups is 2. The number of rotatable bonds is 5. The van der Waals surface area contributed by atoms with E-state index in [0.29, 0.717) is 24.5 Å². The van der Waals surface area contributed by atoms with Crippen molar-refractivity contribution in [2.75, 3.05) is 25.1 Å². The summed E-state index contributed by atoms with van der Waals surface area (Å²) in [6.07, 6.45) is 1.83. The van der Waals surface area contributed by atoms with Crippen LogP contribution < -0.4 is 14.8 Å². The molecule has 1 fully saturated rings. The Bertz CT molecular complexity index is 1000. The van der Waals surface area contributed by atoms with Gasteiger partial charge in [-0.2, -0.15) is 0 Å². The van der Waals surface area contributed by atoms with Crippen molar-refractivity contribution >= 4 is 46.9 Å². The summed E-state index contributed by atoms with van der Waals surface area (Å²) in [6, 6.07) is 8.70. The molecule has 0 spiro atoms. The lowest BCUT2D eigenvalue weighted by molar-refractivity contribution is 0.0592. The summed E-state index contributed by atoms with van der Waals surface area (Å²) in [5.41, 5.74) is 0.312. The Morgan fingerprint density at radius 2 is 1.71 bits per heavy atom. The molecule has 1 saturated heterocycles. The van der Waals surface area contributed by atoms with Crippen LogP contribution in [-0.4, -0.2) is 34.6 Å². The van der Waals surface area contributed by atoms with Gasteiger partial charge in [0.15, 0.2) is 5.75 Å². The molecule has 0 saturated carbocycles. The fourth-order valence-corrected chi connectivity index (χ4v) is 5.15. The SMILES string of the molecule is COC(=O)c1c(S)c(N2CCCC2)c(Oc2ccccc2)c(S(N)(=O)=O)c1S. The van der Waals surface area contributed by atoms with Gasteiger partial charge in [-0.15, -0.1) is 25.3 Å². The van der Waals surface area contributed by atoms with E-state index < -0.39 is 16.0 Å². The van der Waals surface area contributed by atoms with E-state index in [1.165, 1.54) is 7.11 Å². The van der Waals surface area contributed by atoms with E-state index in [0.717, 1.165) is 12.8 Å². The smallest absolute Gasteiger partial charge is 0.340 e. The van der Waals surface area contributed by atoms with Gasteiger partial charge in [-0.3, -0.25) is 0 Å². The van der Waals surface area contributed by atoms with Crippen LogP contribution in [0.25, 0.3) is 0 Å². The number of primary sulfonamides is 1. The van der Waals surface area contributed by atoms with Crippen molar-refractivity contribution in [2.24, 2.45) is 5.14 Å². The van der Waals surface area contributed by atoms with Gasteiger partial charge < -0.3 is 14.4 Å². The molecular formula is C18H20N2O5S3. The van der Waals surface area contributed by atoms with Crippen LogP contribution in [0.3, 0.4) is 0 Å². The molecular weight excluding hydrogens is 420 g/mol. The van der Waals surface area contributed by atoms with Crippen LogP contribution in [0.4, 0.5) is 5.69 Å². The number of carbonyl (C=O) groups excluding carboxylic acids is 1. The van der Waals surface area contributed by atoms with E-state index in [1.807, 2.05) is 11.0 Å². The first-order valence-electron chi connectivity index (χ1n) is 8.46. The molecule has 10 heteroatoms. The van der Waals surface area contributed by atoms with Crippen LogP contribution in [-0.2, 0) is 14.8 Å². The number of ether oxygens (including phenoxy) is 2. The van der Waals surface area contributed by atoms with Crippen LogP contribution in [0.2, 0.25) is 0 Å². The topological polar surface area (TPSA) is 98.9 Å². The average molecular weight is 441 g/mol. The molecule has 150 valence electrons. The van der Waals surface area contributed by atoms with Gasteiger partial charge in [0.1, 0.15) is 10.6 Å². The first-order valence-corrected chi connectivity index (χ1v) is 10.9. The molecule has 2 N–H and O–H groups in total. The van der Waals surface area contributed by atoms with E-state index in [9.17, 15) is 13.2 Å². The van der Waals surface area contributed by atoms with E-state index in [4.69, 9.17) is 14.6 Å². The molecule has 0 radical (unpaired) electrons. The Hall–Kier alpha value is -1.88. The van der Waals surface area contributed by atoms with Gasteiger partial charge in [-0.25, -0.2) is 18.4 Å². The largest absolute Gasteiger partial charge is 0.465 e. The van der Waals surface area contributed by atoms with Crippen LogP contribution in [0.15, 0.2) is 45.0 Å². The summed E-state index contributed by atoms with van der Waals surface area (Å²) in [5, 5.41) is 5.49. The minimum absolute atomic E-state index is 0.00162. The highest BCUT2D eigenvalue weighted by molar-refractivity contribution is 7.90. The van der Waals surface area contributed by atoms with Gasteiger partial charge >= 0.3 is 5.97 Å². The lowest BCUT2D eigenvalue weighted by Gasteiger charge is -2.27. The zero-order valence-electron chi connectivity index (χ0n) is 15.1. The van der Waals surface area contributed by atoms with E-state index >= 15 is 0 Å². The van der Waals surface area contributed by atoms with Gasteiger partial charge in [-0.05, 0) is 25.0 Å². The summed E-state index contributed by atoms with van der Waals surface area (Å²) < 4.78 is 35.7. The maximum Gasteiger partial charge on any atom is 0.340 e. The number of nitrogens with zero attached hydrogens (tertiary/aromatic N) is 1. The minimum atomic E-state index is -4.29. The van der Waals surface area contributed by atoms with Crippen molar-refractivity contribution in [2.45, 2.75) is 27.5 Å². The highest BCUT2D eigenvalue weighted by Crippen LogP contribution is 2.48. The van der Waals surface area contributed by atoms with E-state index in [-0.39, 0.29) is 26.0 Å². The zero-order valence-corrected chi connectivity index (χ0v) is 17.7. The predicted molar refractivity (Wildman–Crippen MR) is 112 cm³/mol. The molecule has 1 aliphatic rings. The Kier molecular flexibility index (Phi) is 6.13. The first kappa shape index (κ1) is 20.8. The fourth-order valence-electron chi connectivity index (χ4n) is 3.16. The van der Waals surface area contributed by atoms with Crippen molar-refractivity contribution in [3.63, 3.8) is 0 Å². The third-order valence-corrected chi connectivity index (χ3v) is 6.39. The third kappa shape index (κ3) is 3.95. The van der Waals surface area contributed by atoms with Gasteiger partial charge in [0, 0.05) is 22.9 Å². The number of nitrogens with two attached hydrogens (primary N) is 1. The normalized spacial score (nSPS) is 14.2. The molecule has 0 aromatic heterocycles. The summed E-state index contributed by atoms with van der Waals surface area (Å²) in [5.74, 6) is -0.344. The molecule has 2 aromatic rings. The maximum absolute atomic E-state index is 12.5. The first-order chi connectivity index (χ1) is 13.3. The van der Waals surface area contributed by atoms with Crippen LogP contribution in [0.1, 0.15) is 23.2 Å². The number of methoxy groups -OCH3 is 1. The highest BCUT2D eigenvalue weighted by atomic mass is 32.2. The van der Waals surface area contributed by atoms with Crippen molar-refractivity contribution in [1.82, 2.24) is 0 Å². The van der Waals surface area contributed by atoms with Crippen molar-refractivity contribution in [3.05, 3.63) is 35.9 Å². The number of esters is 1. The molecule has 28 heavy (non-hydrogen) atoms. The summed E-state index contributed by atoms with van der Waals surface area (Å²) in [6.45, 7) is 1.32. The molecule has 7 nitrogen and oxygen atoms in total. The summed E-state index contributed by atoms with van der Waals surface area (Å²) in [7, 11) is -3.09. The summed E-state index contributed by atoms with van der Waals surface area (Å²) in [4.78, 5) is 14.0. The molecule has 0 amide bonds. The second-order valence-electron chi connectivity index (χ2n) is 6.22. The third-order valence-electron chi connectivity index (χ3n) is 4.39. The van der Waals surface area contributed by atoms with Gasteiger partial charge in [0.25, 0.3) is 0 Å². The number of carbonyl (C=O) groups is 1. The molecule has 0 atom stereocenters. The predicted octanol–water partition coefficient (Wildman–Crippen LogP) is 3.09. The Morgan fingerprint density at radius 3 is 2.25 bits per heavy atom. The van der Waals surface area contributed by atoms with E-state index in [2.05, 4.69) is 25.3 Å². The quantitative estimate of drug-likeness (QED) is 0.488. The fraction of sp³-hybridized carbons (Fsp3) is 0.278. The van der Waals surface area contributed by atoms with Crippen molar-refractivity contribution in [1.29, 1.82) is 0 Å². The Morgan fingerprint density at radius 1 is 1.11 bits per heavy atom. The van der Waals surface area contributed by atoms with Gasteiger partial charge in [0.2, 0.25) is 10.0 Å². The number of anilines is 1. The van der Waals surface area contributed by atoms with Crippen molar-refractivity contribution < 1.29 is 22.7 Å². The average Bonchev–Trinajstić information content (AvgIpc) is 3.15. The molecule has 1 aliphatic heterocycles. The van der Waals surface area contributed by atoms with Crippen LogP contribution in [0, 0.1) is 0 Å². The second-order valence-corrected chi connectivity index (χ2v) is 8.62. The van der Waals surface area contributed by atoms with Gasteiger partial charge in [-0.1, -0.05) is 18.2 Å². The van der Waals surface area contributed by atoms with E-state index in [1.54, 1.807) is 24.3 Å². The molecule has 1 heterocycles. The molecule has 0 aliphatic carbocycles. The Balaban J connectivity index is 2.37. The summed E-state index contributed by atoms with van der Waals surface area (Å²) >= 11 is 8.81. The molecule has 0 unspecified atom stereocenters. The maximum atomic E-state index is 12.5. The minimum Gasteiger partial charge on any atom is -0.465 e. The number of hydrogen-bond acceptors (Lipinski definition) is 8. The monoisotopic (exact) mass is 440 g/mol. The number of benzene rings is 2. The second kappa shape index (κ2) is 8.24. The standard InChI is InChI=1S/C18H20N2O5S3/c1-24-18(21)12-15(26)13(20-9-5-6-10-20)14(17(16(12)27)28(19,22)23)25-11-7-3-2-4-8-11/h2-4,7-8,26-27H,5-6,9-10H2,1H3,(H2,19,22,23). The number of para-hydroxylation sites is 1. The highest BCUT2D eigenvalue weighted by Gasteiger charge is 2.34. The molecule has 2 aromatic carbocycles. The lowest BCUT2D eigenvalue weighted by atomic mass is 10.1. The Labute approximate surface area is 174 Å². The zero-order chi connectivity index (χ0) is 20.5. The van der Waals surface area contributed by atoms with Crippen LogP contribution >= 0.6 is 25.3 Å². The van der Waals surface area contributed by atoms with Gasteiger partial charge in [0.05, 0.1) is 18.4 Å². The molecule has 3 rings (SSSR count). The number of hydrogen-bond donors (Lipinski definition) is 3.